The summed E-state index contributed by atoms with van der Waals surface area (Å²) in [4.78, 5) is 18.9. The van der Waals surface area contributed by atoms with Crippen LogP contribution in [0.2, 0.25) is 0 Å². The van der Waals surface area contributed by atoms with Crippen LogP contribution in [0.1, 0.15) is 38.2 Å². The number of carbonyl (C=O) groups excluding carboxylic acids is 1. The van der Waals surface area contributed by atoms with Gasteiger partial charge in [-0.2, -0.15) is 0 Å². The summed E-state index contributed by atoms with van der Waals surface area (Å²) in [5.74, 6) is 0.265. The highest BCUT2D eigenvalue weighted by Crippen LogP contribution is 2.43. The minimum Gasteiger partial charge on any atom is -0.297 e. The van der Waals surface area contributed by atoms with Gasteiger partial charge in [0, 0.05) is 44.7 Å². The van der Waals surface area contributed by atoms with Crippen molar-refractivity contribution in [3.63, 3.8) is 0 Å². The molecule has 158 valence electrons. The fraction of sp³-hybridized carbons (Fsp3) is 0.321. The number of piperazine rings is 1. The minimum atomic E-state index is -0.577. The molecule has 1 aliphatic heterocycles. The van der Waals surface area contributed by atoms with Crippen LogP contribution in [0, 0.1) is 13.8 Å². The summed E-state index contributed by atoms with van der Waals surface area (Å²) >= 11 is 0. The largest absolute Gasteiger partial charge is 0.297 e. The minimum absolute atomic E-state index is 0.265. The molecule has 3 heteroatoms. The van der Waals surface area contributed by atoms with Crippen LogP contribution in [0.5, 0.6) is 0 Å². The molecule has 2 aliphatic rings. The van der Waals surface area contributed by atoms with E-state index in [4.69, 9.17) is 0 Å². The van der Waals surface area contributed by atoms with Gasteiger partial charge in [-0.05, 0) is 36.1 Å². The molecule has 3 aromatic rings. The van der Waals surface area contributed by atoms with Gasteiger partial charge >= 0.3 is 0 Å². The lowest BCUT2D eigenvalue weighted by atomic mass is 9.83. The smallest absolute Gasteiger partial charge is 0.188 e. The molecule has 1 saturated heterocycles. The highest BCUT2D eigenvalue weighted by Gasteiger charge is 2.51. The van der Waals surface area contributed by atoms with Crippen molar-refractivity contribution in [2.75, 3.05) is 26.2 Å². The first-order valence-corrected chi connectivity index (χ1v) is 11.3. The number of nitrogens with zero attached hydrogens (tertiary/aromatic N) is 2. The number of aryl methyl sites for hydroxylation is 2. The topological polar surface area (TPSA) is 23.6 Å². The van der Waals surface area contributed by atoms with Crippen molar-refractivity contribution in [3.05, 3.63) is 106 Å². The van der Waals surface area contributed by atoms with E-state index in [9.17, 15) is 4.79 Å². The van der Waals surface area contributed by atoms with E-state index in [2.05, 4.69) is 84.3 Å². The zero-order valence-electron chi connectivity index (χ0n) is 18.5. The van der Waals surface area contributed by atoms with E-state index in [1.165, 1.54) is 22.3 Å². The monoisotopic (exact) mass is 410 g/mol. The Morgan fingerprint density at radius 3 is 2.29 bits per heavy atom. The number of Topliss-reactive ketones (excluding diaryl/α,β-unsaturated/α-hetero) is 1. The van der Waals surface area contributed by atoms with Crippen LogP contribution in [0.4, 0.5) is 0 Å². The van der Waals surface area contributed by atoms with E-state index in [1.54, 1.807) is 0 Å². The Balaban J connectivity index is 1.42. The van der Waals surface area contributed by atoms with Gasteiger partial charge in [-0.15, -0.1) is 0 Å². The van der Waals surface area contributed by atoms with Crippen molar-refractivity contribution in [3.8, 4) is 0 Å². The molecule has 0 aromatic heterocycles. The van der Waals surface area contributed by atoms with Crippen LogP contribution < -0.4 is 0 Å². The van der Waals surface area contributed by atoms with Crippen LogP contribution in [-0.2, 0) is 18.5 Å². The Bertz CT molecular complexity index is 1100. The second kappa shape index (κ2) is 8.07. The Labute approximate surface area is 185 Å². The molecule has 0 bridgehead atoms. The maximum Gasteiger partial charge on any atom is 0.188 e. The molecule has 1 unspecified atom stereocenters. The Hall–Kier alpha value is -2.75. The fourth-order valence-corrected chi connectivity index (χ4v) is 5.37. The molecular formula is C28H30N2O. The molecule has 0 amide bonds. The number of hydrogen-bond donors (Lipinski definition) is 0. The van der Waals surface area contributed by atoms with Crippen molar-refractivity contribution in [1.82, 2.24) is 9.80 Å². The van der Waals surface area contributed by atoms with E-state index in [0.29, 0.717) is 0 Å². The van der Waals surface area contributed by atoms with Crippen molar-refractivity contribution in [1.29, 1.82) is 0 Å². The third-order valence-corrected chi connectivity index (χ3v) is 7.15. The van der Waals surface area contributed by atoms with Crippen LogP contribution >= 0.6 is 0 Å². The first kappa shape index (κ1) is 20.2. The normalized spacial score (nSPS) is 21.9. The molecule has 0 radical (unpaired) electrons. The van der Waals surface area contributed by atoms with Crippen molar-refractivity contribution in [2.24, 2.45) is 0 Å². The zero-order valence-corrected chi connectivity index (χ0v) is 18.5. The fourth-order valence-electron chi connectivity index (χ4n) is 5.37. The van der Waals surface area contributed by atoms with Crippen LogP contribution in [-0.4, -0.2) is 41.8 Å². The van der Waals surface area contributed by atoms with Gasteiger partial charge < -0.3 is 0 Å². The number of benzene rings is 3. The van der Waals surface area contributed by atoms with Gasteiger partial charge in [0.05, 0.1) is 0 Å². The molecule has 1 fully saturated rings. The molecule has 1 heterocycles. The number of ketones is 1. The number of rotatable bonds is 4. The molecule has 31 heavy (non-hydrogen) atoms. The van der Waals surface area contributed by atoms with E-state index in [0.717, 1.165) is 50.3 Å². The highest BCUT2D eigenvalue weighted by molar-refractivity contribution is 6.08. The second-order valence-electron chi connectivity index (χ2n) is 9.08. The molecule has 1 atom stereocenters. The number of hydrogen-bond acceptors (Lipinski definition) is 3. The van der Waals surface area contributed by atoms with Gasteiger partial charge in [0.15, 0.2) is 5.78 Å². The lowest BCUT2D eigenvalue weighted by Crippen LogP contribution is -2.58. The average molecular weight is 411 g/mol. The molecule has 3 aromatic carbocycles. The molecule has 3 nitrogen and oxygen atoms in total. The van der Waals surface area contributed by atoms with Gasteiger partial charge in [-0.1, -0.05) is 78.4 Å². The molecular weight excluding hydrogens is 380 g/mol. The Morgan fingerprint density at radius 2 is 1.55 bits per heavy atom. The molecule has 0 spiro atoms. The SMILES string of the molecule is Cc1ccc2c(c1)CC(c1ccccc1)(N1CCN(Cc3ccccc3C)CC1)C2=O. The van der Waals surface area contributed by atoms with Gasteiger partial charge in [0.2, 0.25) is 0 Å². The predicted molar refractivity (Wildman–Crippen MR) is 125 cm³/mol. The summed E-state index contributed by atoms with van der Waals surface area (Å²) in [6, 6.07) is 25.4. The van der Waals surface area contributed by atoms with E-state index >= 15 is 0 Å². The molecule has 0 saturated carbocycles. The molecule has 5 rings (SSSR count). The summed E-state index contributed by atoms with van der Waals surface area (Å²) < 4.78 is 0. The van der Waals surface area contributed by atoms with Crippen LogP contribution in [0.15, 0.2) is 72.8 Å². The zero-order chi connectivity index (χ0) is 21.4. The molecule has 1 aliphatic carbocycles. The standard InChI is InChI=1S/C28H30N2O/c1-21-12-13-26-24(18-21)19-28(27(26)31,25-10-4-3-5-11-25)30-16-14-29(15-17-30)20-23-9-7-6-8-22(23)2/h3-13,18H,14-17,19-20H2,1-2H3. The lowest BCUT2D eigenvalue weighted by molar-refractivity contribution is 0.0288. The highest BCUT2D eigenvalue weighted by atomic mass is 16.1. The maximum absolute atomic E-state index is 13.9. The predicted octanol–water partition coefficient (Wildman–Crippen LogP) is 4.76. The number of fused-ring (bicyclic) bond motifs is 1. The summed E-state index contributed by atoms with van der Waals surface area (Å²) in [5.41, 5.74) is 6.61. The van der Waals surface area contributed by atoms with Crippen LogP contribution in [0.3, 0.4) is 0 Å². The van der Waals surface area contributed by atoms with E-state index < -0.39 is 5.54 Å². The second-order valence-corrected chi connectivity index (χ2v) is 9.08. The van der Waals surface area contributed by atoms with Gasteiger partial charge in [-0.25, -0.2) is 0 Å². The van der Waals surface area contributed by atoms with Gasteiger partial charge in [-0.3, -0.25) is 14.6 Å². The van der Waals surface area contributed by atoms with Crippen LogP contribution in [0.25, 0.3) is 0 Å². The first-order chi connectivity index (χ1) is 15.1. The van der Waals surface area contributed by atoms with Gasteiger partial charge in [0.1, 0.15) is 5.54 Å². The summed E-state index contributed by atoms with van der Waals surface area (Å²) in [6.07, 6.45) is 0.769. The van der Waals surface area contributed by atoms with Gasteiger partial charge in [0.25, 0.3) is 0 Å². The van der Waals surface area contributed by atoms with Crippen molar-refractivity contribution >= 4 is 5.78 Å². The third kappa shape index (κ3) is 3.52. The Morgan fingerprint density at radius 1 is 0.839 bits per heavy atom. The lowest BCUT2D eigenvalue weighted by Gasteiger charge is -2.45. The number of carbonyl (C=O) groups is 1. The van der Waals surface area contributed by atoms with E-state index in [-0.39, 0.29) is 5.78 Å². The summed E-state index contributed by atoms with van der Waals surface area (Å²) in [5, 5.41) is 0. The quantitative estimate of drug-likeness (QED) is 0.620. The van der Waals surface area contributed by atoms with Crippen molar-refractivity contribution in [2.45, 2.75) is 32.4 Å². The van der Waals surface area contributed by atoms with Crippen molar-refractivity contribution < 1.29 is 4.79 Å². The summed E-state index contributed by atoms with van der Waals surface area (Å²) in [7, 11) is 0. The Kier molecular flexibility index (Phi) is 5.25. The molecule has 0 N–H and O–H groups in total. The summed E-state index contributed by atoms with van der Waals surface area (Å²) in [6.45, 7) is 9.03. The maximum atomic E-state index is 13.9. The third-order valence-electron chi connectivity index (χ3n) is 7.15. The average Bonchev–Trinajstić information content (AvgIpc) is 3.09. The first-order valence-electron chi connectivity index (χ1n) is 11.3. The van der Waals surface area contributed by atoms with E-state index in [1.807, 2.05) is 12.1 Å².